The van der Waals surface area contributed by atoms with E-state index in [1.54, 1.807) is 0 Å². The summed E-state index contributed by atoms with van der Waals surface area (Å²) in [7, 11) is 1.59. The van der Waals surface area contributed by atoms with Crippen molar-refractivity contribution in [3.8, 4) is 0 Å². The summed E-state index contributed by atoms with van der Waals surface area (Å²) in [6, 6.07) is 4.00. The number of benzene rings is 1. The van der Waals surface area contributed by atoms with Crippen LogP contribution in [0.4, 0.5) is 5.69 Å². The molecule has 4 nitrogen and oxygen atoms in total. The summed E-state index contributed by atoms with van der Waals surface area (Å²) < 4.78 is 12.4. The third-order valence-corrected chi connectivity index (χ3v) is 4.88. The minimum Gasteiger partial charge on any atom is -0.400 e. The normalized spacial score (nSPS) is 20.1. The molecule has 0 amide bonds. The standard InChI is InChI=1S/C18H29BN2O2/c1-12-8-15(20)9-13(2)16(12)10-14(11-21-7)19-22-17(3,4)18(5,6)23-19/h8-10,21H,11,20H2,1-7H3. The molecule has 5 heteroatoms. The van der Waals surface area contributed by atoms with Gasteiger partial charge in [-0.15, -0.1) is 0 Å². The summed E-state index contributed by atoms with van der Waals surface area (Å²) in [4.78, 5) is 0. The molecule has 0 aliphatic carbocycles. The van der Waals surface area contributed by atoms with Gasteiger partial charge >= 0.3 is 7.12 Å². The van der Waals surface area contributed by atoms with Gasteiger partial charge < -0.3 is 20.4 Å². The van der Waals surface area contributed by atoms with Gasteiger partial charge in [0.05, 0.1) is 11.2 Å². The SMILES string of the molecule is CNCC(=Cc1c(C)cc(N)cc1C)B1OC(C)(C)C(C)(C)O1. The lowest BCUT2D eigenvalue weighted by atomic mass is 9.76. The molecule has 3 N–H and O–H groups in total. The molecule has 1 aromatic carbocycles. The number of anilines is 1. The van der Waals surface area contributed by atoms with Gasteiger partial charge in [0.25, 0.3) is 0 Å². The lowest BCUT2D eigenvalue weighted by molar-refractivity contribution is 0.00578. The Bertz CT molecular complexity index is 584. The second kappa shape index (κ2) is 6.31. The van der Waals surface area contributed by atoms with Crippen LogP contribution >= 0.6 is 0 Å². The van der Waals surface area contributed by atoms with E-state index in [2.05, 4.69) is 52.9 Å². The molecule has 0 saturated carbocycles. The van der Waals surface area contributed by atoms with E-state index >= 15 is 0 Å². The fourth-order valence-corrected chi connectivity index (χ4v) is 2.82. The summed E-state index contributed by atoms with van der Waals surface area (Å²) in [5, 5.41) is 3.22. The maximum atomic E-state index is 6.20. The first-order valence-corrected chi connectivity index (χ1v) is 8.15. The summed E-state index contributed by atoms with van der Waals surface area (Å²) in [5.74, 6) is 0. The lowest BCUT2D eigenvalue weighted by Crippen LogP contribution is -2.41. The van der Waals surface area contributed by atoms with Crippen molar-refractivity contribution in [2.24, 2.45) is 0 Å². The monoisotopic (exact) mass is 316 g/mol. The minimum absolute atomic E-state index is 0.338. The Balaban J connectivity index is 2.41. The molecule has 0 aromatic heterocycles. The molecule has 1 heterocycles. The van der Waals surface area contributed by atoms with Crippen LogP contribution in [-0.2, 0) is 9.31 Å². The van der Waals surface area contributed by atoms with E-state index in [1.165, 1.54) is 5.56 Å². The number of nitrogen functional groups attached to an aromatic ring is 1. The van der Waals surface area contributed by atoms with E-state index < -0.39 is 0 Å². The highest BCUT2D eigenvalue weighted by atomic mass is 16.7. The van der Waals surface area contributed by atoms with E-state index in [9.17, 15) is 0 Å². The zero-order chi connectivity index (χ0) is 17.4. The van der Waals surface area contributed by atoms with Gasteiger partial charge in [0.2, 0.25) is 0 Å². The fraction of sp³-hybridized carbons (Fsp3) is 0.556. The van der Waals surface area contributed by atoms with E-state index in [0.29, 0.717) is 6.54 Å². The van der Waals surface area contributed by atoms with Gasteiger partial charge in [0.1, 0.15) is 0 Å². The molecule has 0 radical (unpaired) electrons. The van der Waals surface area contributed by atoms with Gasteiger partial charge in [-0.2, -0.15) is 0 Å². The summed E-state index contributed by atoms with van der Waals surface area (Å²) >= 11 is 0. The maximum absolute atomic E-state index is 6.20. The number of nitrogens with two attached hydrogens (primary N) is 1. The number of aryl methyl sites for hydroxylation is 2. The molecule has 23 heavy (non-hydrogen) atoms. The molecule has 2 rings (SSSR count). The highest BCUT2D eigenvalue weighted by Crippen LogP contribution is 2.39. The van der Waals surface area contributed by atoms with E-state index in [-0.39, 0.29) is 18.3 Å². The first-order chi connectivity index (χ1) is 10.6. The van der Waals surface area contributed by atoms with E-state index in [4.69, 9.17) is 15.0 Å². The lowest BCUT2D eigenvalue weighted by Gasteiger charge is -2.32. The molecule has 0 atom stereocenters. The van der Waals surface area contributed by atoms with Gasteiger partial charge in [-0.05, 0) is 82.9 Å². The second-order valence-electron chi connectivity index (χ2n) is 7.41. The quantitative estimate of drug-likeness (QED) is 0.662. The van der Waals surface area contributed by atoms with E-state index in [1.807, 2.05) is 19.2 Å². The molecule has 1 aliphatic heterocycles. The number of likely N-dealkylation sites (N-methyl/N-ethyl adjacent to an activating group) is 1. The Labute approximate surface area is 140 Å². The maximum Gasteiger partial charge on any atom is 0.491 e. The highest BCUT2D eigenvalue weighted by Gasteiger charge is 2.52. The number of hydrogen-bond acceptors (Lipinski definition) is 4. The molecule has 1 aliphatic rings. The van der Waals surface area contributed by atoms with Crippen molar-refractivity contribution in [2.45, 2.75) is 52.7 Å². The average molecular weight is 316 g/mol. The third kappa shape index (κ3) is 3.62. The summed E-state index contributed by atoms with van der Waals surface area (Å²) in [5.41, 5.74) is 10.6. The van der Waals surface area contributed by atoms with Crippen molar-refractivity contribution in [1.29, 1.82) is 0 Å². The number of nitrogens with one attached hydrogen (secondary N) is 1. The van der Waals surface area contributed by atoms with Crippen molar-refractivity contribution in [3.05, 3.63) is 34.3 Å². The summed E-state index contributed by atoms with van der Waals surface area (Å²) in [6.07, 6.45) is 2.17. The zero-order valence-electron chi connectivity index (χ0n) is 15.4. The van der Waals surface area contributed by atoms with Crippen LogP contribution in [0.5, 0.6) is 0 Å². The van der Waals surface area contributed by atoms with E-state index in [0.717, 1.165) is 22.3 Å². The van der Waals surface area contributed by atoms with Crippen LogP contribution in [0.3, 0.4) is 0 Å². The van der Waals surface area contributed by atoms with Crippen molar-refractivity contribution >= 4 is 18.9 Å². The molecule has 126 valence electrons. The molecule has 1 aromatic rings. The Morgan fingerprint density at radius 2 is 1.61 bits per heavy atom. The van der Waals surface area contributed by atoms with Crippen molar-refractivity contribution in [1.82, 2.24) is 5.32 Å². The molecule has 0 spiro atoms. The number of hydrogen-bond donors (Lipinski definition) is 2. The largest absolute Gasteiger partial charge is 0.491 e. The second-order valence-corrected chi connectivity index (χ2v) is 7.41. The van der Waals surface area contributed by atoms with Gasteiger partial charge in [0.15, 0.2) is 0 Å². The van der Waals surface area contributed by atoms with Gasteiger partial charge in [-0.1, -0.05) is 6.08 Å². The van der Waals surface area contributed by atoms with Crippen LogP contribution in [0.1, 0.15) is 44.4 Å². The van der Waals surface area contributed by atoms with Crippen molar-refractivity contribution in [3.63, 3.8) is 0 Å². The van der Waals surface area contributed by atoms with Crippen molar-refractivity contribution in [2.75, 3.05) is 19.3 Å². The first-order valence-electron chi connectivity index (χ1n) is 8.15. The van der Waals surface area contributed by atoms with Crippen LogP contribution in [0.2, 0.25) is 0 Å². The topological polar surface area (TPSA) is 56.5 Å². The smallest absolute Gasteiger partial charge is 0.400 e. The van der Waals surface area contributed by atoms with Gasteiger partial charge in [-0.25, -0.2) is 0 Å². The Morgan fingerprint density at radius 1 is 1.13 bits per heavy atom. The van der Waals surface area contributed by atoms with Crippen LogP contribution in [-0.4, -0.2) is 31.9 Å². The van der Waals surface area contributed by atoms with Gasteiger partial charge in [-0.3, -0.25) is 0 Å². The molecule has 0 bridgehead atoms. The van der Waals surface area contributed by atoms with Crippen molar-refractivity contribution < 1.29 is 9.31 Å². The Kier molecular flexibility index (Phi) is 4.95. The highest BCUT2D eigenvalue weighted by molar-refractivity contribution is 6.56. The third-order valence-electron chi connectivity index (χ3n) is 4.88. The van der Waals surface area contributed by atoms with Gasteiger partial charge in [0, 0.05) is 12.2 Å². The Hall–Kier alpha value is -1.30. The fourth-order valence-electron chi connectivity index (χ4n) is 2.82. The molecular formula is C18H29BN2O2. The van der Waals surface area contributed by atoms with Crippen LogP contribution in [0.25, 0.3) is 6.08 Å². The van der Waals surface area contributed by atoms with Crippen LogP contribution in [0.15, 0.2) is 17.6 Å². The average Bonchev–Trinajstić information content (AvgIpc) is 2.61. The number of rotatable bonds is 4. The molecule has 1 fully saturated rings. The molecule has 0 unspecified atom stereocenters. The molecule has 1 saturated heterocycles. The van der Waals surface area contributed by atoms with Crippen LogP contribution in [0, 0.1) is 13.8 Å². The Morgan fingerprint density at radius 3 is 2.04 bits per heavy atom. The predicted molar refractivity (Wildman–Crippen MR) is 98.3 cm³/mol. The first kappa shape index (κ1) is 18.0. The minimum atomic E-state index is -0.344. The predicted octanol–water partition coefficient (Wildman–Crippen LogP) is 3.12. The molecular weight excluding hydrogens is 287 g/mol. The summed E-state index contributed by atoms with van der Waals surface area (Å²) in [6.45, 7) is 13.2. The van der Waals surface area contributed by atoms with Crippen LogP contribution < -0.4 is 11.1 Å². The zero-order valence-corrected chi connectivity index (χ0v) is 15.4.